The summed E-state index contributed by atoms with van der Waals surface area (Å²) >= 11 is 7.96. The third-order valence-corrected chi connectivity index (χ3v) is 8.39. The number of nitrogens with zero attached hydrogens (tertiary/aromatic N) is 3. The van der Waals surface area contributed by atoms with Crippen molar-refractivity contribution >= 4 is 54.2 Å². The van der Waals surface area contributed by atoms with Crippen LogP contribution in [0.15, 0.2) is 59.6 Å². The Labute approximate surface area is 227 Å². The zero-order valence-electron chi connectivity index (χ0n) is 20.4. The van der Waals surface area contributed by atoms with Crippen molar-refractivity contribution in [2.24, 2.45) is 0 Å². The fourth-order valence-electron chi connectivity index (χ4n) is 3.93. The molecular formula is C26H22ClFN4O4S2. The summed E-state index contributed by atoms with van der Waals surface area (Å²) in [5.74, 6) is -0.358. The van der Waals surface area contributed by atoms with Gasteiger partial charge in [-0.1, -0.05) is 23.7 Å². The number of hydrogen-bond acceptors (Lipinski definition) is 8. The number of thiazole rings is 1. The van der Waals surface area contributed by atoms with Crippen LogP contribution in [0, 0.1) is 12.7 Å². The van der Waals surface area contributed by atoms with Gasteiger partial charge in [-0.2, -0.15) is 0 Å². The van der Waals surface area contributed by atoms with Crippen LogP contribution in [0.25, 0.3) is 31.8 Å². The summed E-state index contributed by atoms with van der Waals surface area (Å²) in [6, 6.07) is 12.6. The quantitative estimate of drug-likeness (QED) is 0.232. The van der Waals surface area contributed by atoms with Crippen LogP contribution in [0.1, 0.15) is 11.3 Å². The Morgan fingerprint density at radius 1 is 1.11 bits per heavy atom. The second-order valence-corrected chi connectivity index (χ2v) is 11.6. The summed E-state index contributed by atoms with van der Waals surface area (Å²) in [6.07, 6.45) is 1.69. The minimum atomic E-state index is -4.00. The van der Waals surface area contributed by atoms with Crippen LogP contribution < -0.4 is 9.46 Å². The molecule has 0 saturated carbocycles. The Hall–Kier alpha value is -3.22. The van der Waals surface area contributed by atoms with Crippen LogP contribution in [0.2, 0.25) is 5.02 Å². The molecule has 0 radical (unpaired) electrons. The van der Waals surface area contributed by atoms with E-state index in [0.29, 0.717) is 22.9 Å². The minimum absolute atomic E-state index is 0.0170. The van der Waals surface area contributed by atoms with Gasteiger partial charge >= 0.3 is 0 Å². The van der Waals surface area contributed by atoms with Gasteiger partial charge < -0.3 is 9.47 Å². The second kappa shape index (κ2) is 10.9. The molecule has 0 aliphatic rings. The maximum atomic E-state index is 13.9. The molecule has 1 N–H and O–H groups in total. The maximum Gasteiger partial charge on any atom is 0.243 e. The van der Waals surface area contributed by atoms with E-state index in [0.717, 1.165) is 43.6 Å². The summed E-state index contributed by atoms with van der Waals surface area (Å²) in [7, 11) is -2.39. The van der Waals surface area contributed by atoms with E-state index in [9.17, 15) is 12.8 Å². The molecular weight excluding hydrogens is 551 g/mol. The Bertz CT molecular complexity index is 1760. The van der Waals surface area contributed by atoms with E-state index in [1.807, 2.05) is 19.1 Å². The molecule has 0 unspecified atom stereocenters. The summed E-state index contributed by atoms with van der Waals surface area (Å²) in [6.45, 7) is 2.32. The largest absolute Gasteiger partial charge is 0.492 e. The lowest BCUT2D eigenvalue weighted by Gasteiger charge is -2.09. The Morgan fingerprint density at radius 2 is 1.92 bits per heavy atom. The number of sulfonamides is 1. The third-order valence-electron chi connectivity index (χ3n) is 5.57. The molecule has 3 aromatic carbocycles. The zero-order chi connectivity index (χ0) is 26.9. The molecule has 0 aliphatic heterocycles. The van der Waals surface area contributed by atoms with Gasteiger partial charge in [0.1, 0.15) is 33.6 Å². The van der Waals surface area contributed by atoms with Crippen molar-refractivity contribution < 1.29 is 22.3 Å². The number of fused-ring (bicyclic) bond motifs is 2. The van der Waals surface area contributed by atoms with Gasteiger partial charge in [-0.05, 0) is 42.8 Å². The van der Waals surface area contributed by atoms with E-state index in [2.05, 4.69) is 14.7 Å². The number of nitrogens with one attached hydrogen (secondary N) is 1. The highest BCUT2D eigenvalue weighted by molar-refractivity contribution is 7.89. The normalized spacial score (nSPS) is 11.9. The molecule has 12 heteroatoms. The molecule has 2 heterocycles. The highest BCUT2D eigenvalue weighted by atomic mass is 35.5. The lowest BCUT2D eigenvalue weighted by atomic mass is 10.1. The van der Waals surface area contributed by atoms with Crippen molar-refractivity contribution in [2.45, 2.75) is 18.4 Å². The minimum Gasteiger partial charge on any atom is -0.492 e. The fourth-order valence-corrected chi connectivity index (χ4v) is 6.37. The maximum absolute atomic E-state index is 13.9. The zero-order valence-corrected chi connectivity index (χ0v) is 22.8. The summed E-state index contributed by atoms with van der Waals surface area (Å²) < 4.78 is 52.6. The van der Waals surface area contributed by atoms with Crippen molar-refractivity contribution in [1.82, 2.24) is 19.7 Å². The molecule has 196 valence electrons. The number of methoxy groups -OCH3 is 1. The molecule has 0 aliphatic carbocycles. The average Bonchev–Trinajstić information content (AvgIpc) is 3.31. The summed E-state index contributed by atoms with van der Waals surface area (Å²) in [4.78, 5) is 13.6. The van der Waals surface area contributed by atoms with E-state index in [1.165, 1.54) is 29.5 Å². The number of rotatable bonds is 9. The van der Waals surface area contributed by atoms with E-state index < -0.39 is 20.7 Å². The molecule has 0 atom stereocenters. The van der Waals surface area contributed by atoms with E-state index in [1.54, 1.807) is 25.4 Å². The average molecular weight is 573 g/mol. The highest BCUT2D eigenvalue weighted by Crippen LogP contribution is 2.38. The number of halogens is 2. The third kappa shape index (κ3) is 5.47. The predicted octanol–water partition coefficient (Wildman–Crippen LogP) is 5.51. The van der Waals surface area contributed by atoms with E-state index in [4.69, 9.17) is 26.1 Å². The first-order valence-corrected chi connectivity index (χ1v) is 14.2. The van der Waals surface area contributed by atoms with Crippen LogP contribution >= 0.6 is 22.9 Å². The Balaban J connectivity index is 1.36. The lowest BCUT2D eigenvalue weighted by molar-refractivity contribution is 0.181. The first kappa shape index (κ1) is 26.4. The van der Waals surface area contributed by atoms with Gasteiger partial charge in [-0.3, -0.25) is 4.98 Å². The van der Waals surface area contributed by atoms with Crippen LogP contribution in [0.4, 0.5) is 4.39 Å². The van der Waals surface area contributed by atoms with E-state index >= 15 is 0 Å². The van der Waals surface area contributed by atoms with Crippen molar-refractivity contribution in [1.29, 1.82) is 0 Å². The van der Waals surface area contributed by atoms with Crippen molar-refractivity contribution in [3.8, 4) is 16.3 Å². The van der Waals surface area contributed by atoms with Crippen LogP contribution in [0.5, 0.6) is 5.75 Å². The first-order valence-electron chi connectivity index (χ1n) is 11.5. The summed E-state index contributed by atoms with van der Waals surface area (Å²) in [5, 5.41) is 1.14. The van der Waals surface area contributed by atoms with Crippen molar-refractivity contribution in [3.05, 3.63) is 76.8 Å². The molecule has 38 heavy (non-hydrogen) atoms. The van der Waals surface area contributed by atoms with Gasteiger partial charge in [0.05, 0.1) is 39.3 Å². The molecule has 0 bridgehead atoms. The number of benzene rings is 3. The SMILES string of the molecule is COCc1cnc2c(-c3nc4c(Cl)cc(OCCNS(=O)(=O)c5ccccc5F)cc4s3)cc(C)cc2n1. The number of ether oxygens (including phenoxy) is 2. The van der Waals surface area contributed by atoms with Crippen LogP contribution in [0.3, 0.4) is 0 Å². The standard InChI is InChI=1S/C26H22ClFN4O4S2/c1-15-9-18(24-21(10-15)31-16(13-29-24)14-35-2)26-32-25-19(27)11-17(12-22(25)37-26)36-8-7-30-38(33,34)23-6-4-3-5-20(23)28/h3-6,9-13,30H,7-8,14H2,1-2H3. The lowest BCUT2D eigenvalue weighted by Crippen LogP contribution is -2.28. The molecule has 0 fully saturated rings. The Morgan fingerprint density at radius 3 is 2.71 bits per heavy atom. The second-order valence-electron chi connectivity index (χ2n) is 8.42. The van der Waals surface area contributed by atoms with Gasteiger partial charge in [-0.25, -0.2) is 27.5 Å². The van der Waals surface area contributed by atoms with Crippen molar-refractivity contribution in [3.63, 3.8) is 0 Å². The van der Waals surface area contributed by atoms with Gasteiger partial charge in [-0.15, -0.1) is 11.3 Å². The Kier molecular flexibility index (Phi) is 7.55. The fraction of sp³-hybridized carbons (Fsp3) is 0.192. The number of aromatic nitrogens is 3. The smallest absolute Gasteiger partial charge is 0.243 e. The molecule has 5 aromatic rings. The highest BCUT2D eigenvalue weighted by Gasteiger charge is 2.18. The number of hydrogen-bond donors (Lipinski definition) is 1. The monoisotopic (exact) mass is 572 g/mol. The molecule has 8 nitrogen and oxygen atoms in total. The molecule has 0 spiro atoms. The predicted molar refractivity (Wildman–Crippen MR) is 146 cm³/mol. The molecule has 2 aromatic heterocycles. The first-order chi connectivity index (χ1) is 18.2. The topological polar surface area (TPSA) is 103 Å². The van der Waals surface area contributed by atoms with Crippen molar-refractivity contribution in [2.75, 3.05) is 20.3 Å². The number of aryl methyl sites for hydroxylation is 1. The molecule has 0 saturated heterocycles. The molecule has 5 rings (SSSR count). The van der Waals surface area contributed by atoms with Gasteiger partial charge in [0, 0.05) is 25.3 Å². The van der Waals surface area contributed by atoms with Gasteiger partial charge in [0.15, 0.2) is 0 Å². The van der Waals surface area contributed by atoms with E-state index in [-0.39, 0.29) is 13.2 Å². The summed E-state index contributed by atoms with van der Waals surface area (Å²) in [5.41, 5.74) is 4.70. The molecule has 0 amide bonds. The van der Waals surface area contributed by atoms with Crippen LogP contribution in [-0.4, -0.2) is 43.6 Å². The van der Waals surface area contributed by atoms with Crippen LogP contribution in [-0.2, 0) is 21.4 Å². The van der Waals surface area contributed by atoms with Gasteiger partial charge in [0.2, 0.25) is 10.0 Å². The van der Waals surface area contributed by atoms with Gasteiger partial charge in [0.25, 0.3) is 0 Å².